The highest BCUT2D eigenvalue weighted by molar-refractivity contribution is 5.91. The number of para-hydroxylation sites is 1. The SMILES string of the molecule is COc1ccc(CCCC(=O)Nc2ccccc2C(C)C)cc1. The molecule has 0 aliphatic heterocycles. The number of nitrogens with one attached hydrogen (secondary N) is 1. The molecule has 122 valence electrons. The number of carbonyl (C=O) groups is 1. The number of benzene rings is 2. The summed E-state index contributed by atoms with van der Waals surface area (Å²) >= 11 is 0. The van der Waals surface area contributed by atoms with Gasteiger partial charge in [-0.1, -0.05) is 44.2 Å². The second kappa shape index (κ2) is 8.37. The van der Waals surface area contributed by atoms with Crippen LogP contribution in [-0.2, 0) is 11.2 Å². The molecule has 3 heteroatoms. The van der Waals surface area contributed by atoms with Gasteiger partial charge in [-0.05, 0) is 48.1 Å². The molecule has 1 N–H and O–H groups in total. The maximum Gasteiger partial charge on any atom is 0.224 e. The van der Waals surface area contributed by atoms with Crippen LogP contribution < -0.4 is 10.1 Å². The summed E-state index contributed by atoms with van der Waals surface area (Å²) in [6.07, 6.45) is 2.25. The summed E-state index contributed by atoms with van der Waals surface area (Å²) in [6.45, 7) is 4.27. The van der Waals surface area contributed by atoms with Gasteiger partial charge in [0.25, 0.3) is 0 Å². The first-order valence-corrected chi connectivity index (χ1v) is 8.12. The third-order valence-corrected chi connectivity index (χ3v) is 3.89. The average Bonchev–Trinajstić information content (AvgIpc) is 2.56. The van der Waals surface area contributed by atoms with Crippen LogP contribution in [0.2, 0.25) is 0 Å². The smallest absolute Gasteiger partial charge is 0.224 e. The lowest BCUT2D eigenvalue weighted by molar-refractivity contribution is -0.116. The predicted octanol–water partition coefficient (Wildman–Crippen LogP) is 4.78. The van der Waals surface area contributed by atoms with Gasteiger partial charge in [-0.2, -0.15) is 0 Å². The number of amides is 1. The largest absolute Gasteiger partial charge is 0.497 e. The molecule has 0 unspecified atom stereocenters. The zero-order valence-corrected chi connectivity index (χ0v) is 14.1. The van der Waals surface area contributed by atoms with Crippen LogP contribution in [0, 0.1) is 0 Å². The monoisotopic (exact) mass is 311 g/mol. The van der Waals surface area contributed by atoms with Gasteiger partial charge in [0.15, 0.2) is 0 Å². The van der Waals surface area contributed by atoms with E-state index < -0.39 is 0 Å². The van der Waals surface area contributed by atoms with Crippen molar-refractivity contribution in [3.8, 4) is 5.75 Å². The number of anilines is 1. The third-order valence-electron chi connectivity index (χ3n) is 3.89. The van der Waals surface area contributed by atoms with Crippen LogP contribution >= 0.6 is 0 Å². The van der Waals surface area contributed by atoms with Gasteiger partial charge >= 0.3 is 0 Å². The van der Waals surface area contributed by atoms with Crippen LogP contribution in [0.15, 0.2) is 48.5 Å². The van der Waals surface area contributed by atoms with Gasteiger partial charge in [0.1, 0.15) is 5.75 Å². The summed E-state index contributed by atoms with van der Waals surface area (Å²) in [5.41, 5.74) is 3.33. The average molecular weight is 311 g/mol. The van der Waals surface area contributed by atoms with E-state index in [1.807, 2.05) is 42.5 Å². The zero-order chi connectivity index (χ0) is 16.7. The van der Waals surface area contributed by atoms with Crippen molar-refractivity contribution < 1.29 is 9.53 Å². The van der Waals surface area contributed by atoms with Crippen molar-refractivity contribution >= 4 is 11.6 Å². The van der Waals surface area contributed by atoms with Crippen LogP contribution in [0.3, 0.4) is 0 Å². The Morgan fingerprint density at radius 2 is 1.78 bits per heavy atom. The number of rotatable bonds is 7. The fourth-order valence-electron chi connectivity index (χ4n) is 2.57. The molecule has 23 heavy (non-hydrogen) atoms. The molecule has 0 saturated carbocycles. The Bertz CT molecular complexity index is 632. The van der Waals surface area contributed by atoms with Gasteiger partial charge in [-0.25, -0.2) is 0 Å². The van der Waals surface area contributed by atoms with Crippen molar-refractivity contribution in [2.45, 2.75) is 39.0 Å². The van der Waals surface area contributed by atoms with E-state index in [4.69, 9.17) is 4.74 Å². The molecule has 0 spiro atoms. The molecule has 2 rings (SSSR count). The van der Waals surface area contributed by atoms with Crippen LogP contribution in [0.1, 0.15) is 43.7 Å². The fourth-order valence-corrected chi connectivity index (χ4v) is 2.57. The Hall–Kier alpha value is -2.29. The normalized spacial score (nSPS) is 10.6. The highest BCUT2D eigenvalue weighted by Gasteiger charge is 2.09. The van der Waals surface area contributed by atoms with Gasteiger partial charge in [0.05, 0.1) is 7.11 Å². The molecular weight excluding hydrogens is 286 g/mol. The molecule has 1 amide bonds. The summed E-state index contributed by atoms with van der Waals surface area (Å²) in [6, 6.07) is 16.0. The van der Waals surface area contributed by atoms with E-state index in [0.717, 1.165) is 24.3 Å². The Morgan fingerprint density at radius 1 is 1.09 bits per heavy atom. The molecule has 0 bridgehead atoms. The van der Waals surface area contributed by atoms with Crippen LogP contribution in [0.25, 0.3) is 0 Å². The van der Waals surface area contributed by atoms with Crippen molar-refractivity contribution in [1.29, 1.82) is 0 Å². The molecule has 0 aromatic heterocycles. The lowest BCUT2D eigenvalue weighted by atomic mass is 10.0. The molecule has 0 fully saturated rings. The molecule has 0 heterocycles. The molecule has 0 saturated heterocycles. The van der Waals surface area contributed by atoms with E-state index in [1.54, 1.807) is 7.11 Å². The summed E-state index contributed by atoms with van der Waals surface area (Å²) in [5, 5.41) is 3.04. The quantitative estimate of drug-likeness (QED) is 0.799. The predicted molar refractivity (Wildman–Crippen MR) is 95.1 cm³/mol. The third kappa shape index (κ3) is 5.13. The highest BCUT2D eigenvalue weighted by atomic mass is 16.5. The minimum atomic E-state index is 0.0756. The van der Waals surface area contributed by atoms with Gasteiger partial charge in [-0.15, -0.1) is 0 Å². The number of hydrogen-bond donors (Lipinski definition) is 1. The minimum absolute atomic E-state index is 0.0756. The zero-order valence-electron chi connectivity index (χ0n) is 14.1. The van der Waals surface area contributed by atoms with Gasteiger partial charge < -0.3 is 10.1 Å². The van der Waals surface area contributed by atoms with Crippen molar-refractivity contribution in [1.82, 2.24) is 0 Å². The first kappa shape index (κ1) is 17.1. The molecular formula is C20H25NO2. The Kier molecular flexibility index (Phi) is 6.21. The highest BCUT2D eigenvalue weighted by Crippen LogP contribution is 2.24. The molecule has 3 nitrogen and oxygen atoms in total. The number of ether oxygens (including phenoxy) is 1. The Morgan fingerprint density at radius 3 is 2.43 bits per heavy atom. The maximum atomic E-state index is 12.1. The standard InChI is InChI=1S/C20H25NO2/c1-15(2)18-8-4-5-9-19(18)21-20(22)10-6-7-16-11-13-17(23-3)14-12-16/h4-5,8-9,11-15H,6-7,10H2,1-3H3,(H,21,22). The van der Waals surface area contributed by atoms with Crippen molar-refractivity contribution in [3.05, 3.63) is 59.7 Å². The number of methoxy groups -OCH3 is 1. The van der Waals surface area contributed by atoms with E-state index >= 15 is 0 Å². The van der Waals surface area contributed by atoms with Crippen LogP contribution in [-0.4, -0.2) is 13.0 Å². The van der Waals surface area contributed by atoms with Gasteiger partial charge in [0.2, 0.25) is 5.91 Å². The van der Waals surface area contributed by atoms with E-state index in [1.165, 1.54) is 11.1 Å². The minimum Gasteiger partial charge on any atom is -0.497 e. The molecule has 2 aromatic rings. The first-order chi connectivity index (χ1) is 11.1. The number of aryl methyl sites for hydroxylation is 1. The van der Waals surface area contributed by atoms with Crippen molar-refractivity contribution in [2.24, 2.45) is 0 Å². The molecule has 0 atom stereocenters. The second-order valence-corrected chi connectivity index (χ2v) is 5.99. The molecule has 0 aliphatic rings. The molecule has 0 aliphatic carbocycles. The fraction of sp³-hybridized carbons (Fsp3) is 0.350. The summed E-state index contributed by atoms with van der Waals surface area (Å²) in [5.74, 6) is 1.33. The van der Waals surface area contributed by atoms with E-state index in [9.17, 15) is 4.79 Å². The summed E-state index contributed by atoms with van der Waals surface area (Å²) in [7, 11) is 1.66. The van der Waals surface area contributed by atoms with E-state index in [-0.39, 0.29) is 5.91 Å². The first-order valence-electron chi connectivity index (χ1n) is 8.12. The number of carbonyl (C=O) groups excluding carboxylic acids is 1. The second-order valence-electron chi connectivity index (χ2n) is 5.99. The topological polar surface area (TPSA) is 38.3 Å². The molecule has 2 aromatic carbocycles. The Balaban J connectivity index is 1.83. The lowest BCUT2D eigenvalue weighted by Gasteiger charge is -2.13. The van der Waals surface area contributed by atoms with E-state index in [0.29, 0.717) is 12.3 Å². The number of hydrogen-bond acceptors (Lipinski definition) is 2. The molecule has 0 radical (unpaired) electrons. The van der Waals surface area contributed by atoms with E-state index in [2.05, 4.69) is 25.2 Å². The van der Waals surface area contributed by atoms with Crippen molar-refractivity contribution in [3.63, 3.8) is 0 Å². The van der Waals surface area contributed by atoms with Gasteiger partial charge in [0, 0.05) is 12.1 Å². The Labute approximate surface area is 138 Å². The summed E-state index contributed by atoms with van der Waals surface area (Å²) in [4.78, 5) is 12.1. The lowest BCUT2D eigenvalue weighted by Crippen LogP contribution is -2.13. The maximum absolute atomic E-state index is 12.1. The van der Waals surface area contributed by atoms with Crippen LogP contribution in [0.5, 0.6) is 5.75 Å². The summed E-state index contributed by atoms with van der Waals surface area (Å²) < 4.78 is 5.14. The van der Waals surface area contributed by atoms with Gasteiger partial charge in [-0.3, -0.25) is 4.79 Å². The van der Waals surface area contributed by atoms with Crippen molar-refractivity contribution in [2.75, 3.05) is 12.4 Å². The van der Waals surface area contributed by atoms with Crippen LogP contribution in [0.4, 0.5) is 5.69 Å².